The number of carbonyl (C=O) groups is 1. The number of halogens is 1. The van der Waals surface area contributed by atoms with Crippen LogP contribution in [0, 0.1) is 11.7 Å². The molecule has 1 aromatic carbocycles. The molecule has 2 bridgehead atoms. The lowest BCUT2D eigenvalue weighted by Crippen LogP contribution is -2.42. The van der Waals surface area contributed by atoms with Gasteiger partial charge in [-0.2, -0.15) is 0 Å². The number of hydrogen-bond donors (Lipinski definition) is 0. The molecule has 1 aromatic rings. The van der Waals surface area contributed by atoms with Crippen LogP contribution in [0.1, 0.15) is 18.4 Å². The van der Waals surface area contributed by atoms with Crippen LogP contribution in [0.4, 0.5) is 4.39 Å². The molecule has 19 heavy (non-hydrogen) atoms. The Morgan fingerprint density at radius 2 is 2.32 bits per heavy atom. The predicted octanol–water partition coefficient (Wildman–Crippen LogP) is 2.00. The van der Waals surface area contributed by atoms with Crippen molar-refractivity contribution in [2.45, 2.75) is 31.4 Å². The van der Waals surface area contributed by atoms with E-state index in [-0.39, 0.29) is 11.7 Å². The lowest BCUT2D eigenvalue weighted by molar-refractivity contribution is -0.133. The third kappa shape index (κ3) is 2.37. The van der Waals surface area contributed by atoms with Crippen molar-refractivity contribution in [1.82, 2.24) is 4.90 Å². The number of fused-ring (bicyclic) bond motifs is 2. The Balaban J connectivity index is 1.64. The standard InChI is InChI=1S/C15H18FNO2/c1-19-14-8-13-7-11(14)9-17(13)15(18)6-10-3-2-4-12(16)5-10/h2-5,11,13-14H,6-9H2,1H3/t11-,13+,14+/m0/s1. The van der Waals surface area contributed by atoms with E-state index in [4.69, 9.17) is 4.74 Å². The summed E-state index contributed by atoms with van der Waals surface area (Å²) in [7, 11) is 1.74. The van der Waals surface area contributed by atoms with Crippen LogP contribution >= 0.6 is 0 Å². The second-order valence-corrected chi connectivity index (χ2v) is 5.51. The molecule has 0 unspecified atom stereocenters. The van der Waals surface area contributed by atoms with Gasteiger partial charge in [-0.15, -0.1) is 0 Å². The summed E-state index contributed by atoms with van der Waals surface area (Å²) in [5.41, 5.74) is 0.746. The van der Waals surface area contributed by atoms with Crippen LogP contribution in [-0.2, 0) is 16.0 Å². The zero-order chi connectivity index (χ0) is 13.4. The molecule has 1 saturated heterocycles. The van der Waals surface area contributed by atoms with Gasteiger partial charge >= 0.3 is 0 Å². The lowest BCUT2D eigenvalue weighted by Gasteiger charge is -2.31. The summed E-state index contributed by atoms with van der Waals surface area (Å²) in [5, 5.41) is 0. The fourth-order valence-electron chi connectivity index (χ4n) is 3.42. The SMILES string of the molecule is CO[C@@H]1C[C@H]2C[C@H]1CN2C(=O)Cc1cccc(F)c1. The summed E-state index contributed by atoms with van der Waals surface area (Å²) in [6, 6.07) is 6.59. The number of ether oxygens (including phenoxy) is 1. The van der Waals surface area contributed by atoms with Crippen molar-refractivity contribution < 1.29 is 13.9 Å². The Hall–Kier alpha value is -1.42. The van der Waals surface area contributed by atoms with Gasteiger partial charge in [-0.1, -0.05) is 12.1 Å². The van der Waals surface area contributed by atoms with Crippen LogP contribution in [0.5, 0.6) is 0 Å². The molecule has 1 aliphatic carbocycles. The summed E-state index contributed by atoms with van der Waals surface area (Å²) in [6.45, 7) is 0.789. The zero-order valence-corrected chi connectivity index (χ0v) is 11.0. The molecular weight excluding hydrogens is 245 g/mol. The van der Waals surface area contributed by atoms with Crippen molar-refractivity contribution in [2.75, 3.05) is 13.7 Å². The van der Waals surface area contributed by atoms with Crippen LogP contribution in [-0.4, -0.2) is 36.6 Å². The number of nitrogens with zero attached hydrogens (tertiary/aromatic N) is 1. The molecule has 2 fully saturated rings. The summed E-state index contributed by atoms with van der Waals surface area (Å²) >= 11 is 0. The maximum atomic E-state index is 13.1. The van der Waals surface area contributed by atoms with Gasteiger partial charge in [-0.25, -0.2) is 4.39 Å². The molecule has 3 nitrogen and oxygen atoms in total. The van der Waals surface area contributed by atoms with E-state index >= 15 is 0 Å². The Bertz CT molecular complexity index is 491. The van der Waals surface area contributed by atoms with Crippen LogP contribution in [0.25, 0.3) is 0 Å². The average molecular weight is 263 g/mol. The number of amides is 1. The minimum Gasteiger partial charge on any atom is -0.381 e. The topological polar surface area (TPSA) is 29.5 Å². The molecule has 3 rings (SSSR count). The first kappa shape index (κ1) is 12.6. The molecule has 0 aromatic heterocycles. The summed E-state index contributed by atoms with van der Waals surface area (Å²) < 4.78 is 18.5. The molecule has 0 spiro atoms. The molecule has 0 N–H and O–H groups in total. The molecule has 102 valence electrons. The van der Waals surface area contributed by atoms with Crippen LogP contribution < -0.4 is 0 Å². The van der Waals surface area contributed by atoms with E-state index in [2.05, 4.69) is 0 Å². The normalized spacial score (nSPS) is 28.9. The Kier molecular flexibility index (Phi) is 3.27. The average Bonchev–Trinajstić information content (AvgIpc) is 2.97. The molecular formula is C15H18FNO2. The number of likely N-dealkylation sites (tertiary alicyclic amines) is 1. The maximum Gasteiger partial charge on any atom is 0.227 e. The molecule has 1 heterocycles. The van der Waals surface area contributed by atoms with Crippen molar-refractivity contribution in [2.24, 2.45) is 5.92 Å². The van der Waals surface area contributed by atoms with Crippen LogP contribution in [0.2, 0.25) is 0 Å². The van der Waals surface area contributed by atoms with Gasteiger partial charge in [-0.05, 0) is 30.5 Å². The molecule has 1 saturated carbocycles. The van der Waals surface area contributed by atoms with E-state index in [0.717, 1.165) is 24.9 Å². The van der Waals surface area contributed by atoms with Gasteiger partial charge in [0.2, 0.25) is 5.91 Å². The quantitative estimate of drug-likeness (QED) is 0.835. The highest BCUT2D eigenvalue weighted by Gasteiger charge is 2.46. The van der Waals surface area contributed by atoms with Gasteiger partial charge in [0.15, 0.2) is 0 Å². The number of methoxy groups -OCH3 is 1. The highest BCUT2D eigenvalue weighted by molar-refractivity contribution is 5.79. The van der Waals surface area contributed by atoms with Gasteiger partial charge in [0.05, 0.1) is 12.5 Å². The largest absolute Gasteiger partial charge is 0.381 e. The summed E-state index contributed by atoms with van der Waals surface area (Å²) in [6.07, 6.45) is 2.59. The van der Waals surface area contributed by atoms with E-state index < -0.39 is 0 Å². The number of hydrogen-bond acceptors (Lipinski definition) is 2. The monoisotopic (exact) mass is 263 g/mol. The second-order valence-electron chi connectivity index (χ2n) is 5.51. The van der Waals surface area contributed by atoms with E-state index in [1.807, 2.05) is 4.90 Å². The fraction of sp³-hybridized carbons (Fsp3) is 0.533. The first-order valence-corrected chi connectivity index (χ1v) is 6.74. The number of piperidine rings is 1. The van der Waals surface area contributed by atoms with Crippen molar-refractivity contribution in [3.63, 3.8) is 0 Å². The third-order valence-electron chi connectivity index (χ3n) is 4.34. The van der Waals surface area contributed by atoms with Crippen molar-refractivity contribution in [1.29, 1.82) is 0 Å². The maximum absolute atomic E-state index is 13.1. The smallest absolute Gasteiger partial charge is 0.227 e. The number of benzene rings is 1. The lowest BCUT2D eigenvalue weighted by atomic mass is 10.0. The third-order valence-corrected chi connectivity index (χ3v) is 4.34. The highest BCUT2D eigenvalue weighted by Crippen LogP contribution is 2.39. The first-order valence-electron chi connectivity index (χ1n) is 6.74. The van der Waals surface area contributed by atoms with E-state index in [9.17, 15) is 9.18 Å². The first-order chi connectivity index (χ1) is 9.17. The van der Waals surface area contributed by atoms with Crippen LogP contribution in [0.15, 0.2) is 24.3 Å². The molecule has 1 amide bonds. The van der Waals surface area contributed by atoms with E-state index in [1.54, 1.807) is 19.2 Å². The van der Waals surface area contributed by atoms with Crippen molar-refractivity contribution in [3.8, 4) is 0 Å². The summed E-state index contributed by atoms with van der Waals surface area (Å²) in [4.78, 5) is 14.2. The highest BCUT2D eigenvalue weighted by atomic mass is 19.1. The van der Waals surface area contributed by atoms with Gasteiger partial charge in [0, 0.05) is 25.6 Å². The van der Waals surface area contributed by atoms with Gasteiger partial charge in [0.1, 0.15) is 5.82 Å². The zero-order valence-electron chi connectivity index (χ0n) is 11.0. The Labute approximate surface area is 112 Å². The number of carbonyl (C=O) groups excluding carboxylic acids is 1. The van der Waals surface area contributed by atoms with Gasteiger partial charge in [-0.3, -0.25) is 4.79 Å². The minimum atomic E-state index is -0.285. The Morgan fingerprint density at radius 1 is 1.47 bits per heavy atom. The molecule has 3 atom stereocenters. The fourth-order valence-corrected chi connectivity index (χ4v) is 3.42. The molecule has 4 heteroatoms. The van der Waals surface area contributed by atoms with Crippen molar-refractivity contribution in [3.05, 3.63) is 35.6 Å². The minimum absolute atomic E-state index is 0.104. The molecule has 2 aliphatic rings. The molecule has 1 aliphatic heterocycles. The van der Waals surface area contributed by atoms with Crippen molar-refractivity contribution >= 4 is 5.91 Å². The predicted molar refractivity (Wildman–Crippen MR) is 69.1 cm³/mol. The van der Waals surface area contributed by atoms with Gasteiger partial charge in [0.25, 0.3) is 0 Å². The number of rotatable bonds is 3. The summed E-state index contributed by atoms with van der Waals surface area (Å²) in [5.74, 6) is 0.298. The second kappa shape index (κ2) is 4.93. The van der Waals surface area contributed by atoms with E-state index in [0.29, 0.717) is 24.5 Å². The van der Waals surface area contributed by atoms with Crippen LogP contribution in [0.3, 0.4) is 0 Å². The van der Waals surface area contributed by atoms with E-state index in [1.165, 1.54) is 12.1 Å². The molecule has 0 radical (unpaired) electrons. The Morgan fingerprint density at radius 3 is 2.95 bits per heavy atom. The van der Waals surface area contributed by atoms with Gasteiger partial charge < -0.3 is 9.64 Å².